The number of hydrogen-bond acceptors (Lipinski definition) is 5. The van der Waals surface area contributed by atoms with E-state index in [-0.39, 0.29) is 17.2 Å². The van der Waals surface area contributed by atoms with Gasteiger partial charge in [0, 0.05) is 7.11 Å². The third-order valence-corrected chi connectivity index (χ3v) is 4.48. The molecule has 0 saturated carbocycles. The van der Waals surface area contributed by atoms with Crippen LogP contribution in [0.15, 0.2) is 29.2 Å². The Morgan fingerprint density at radius 2 is 1.83 bits per heavy atom. The van der Waals surface area contributed by atoms with E-state index in [0.29, 0.717) is 19.0 Å². The minimum atomic E-state index is -3.90. The molecule has 0 heterocycles. The molecule has 0 aromatic heterocycles. The van der Waals surface area contributed by atoms with Crippen LogP contribution in [0.25, 0.3) is 0 Å². The van der Waals surface area contributed by atoms with Gasteiger partial charge in [-0.15, -0.1) is 0 Å². The molecule has 1 aromatic carbocycles. The van der Waals surface area contributed by atoms with Gasteiger partial charge in [-0.25, -0.2) is 8.42 Å². The molecule has 1 rings (SSSR count). The highest BCUT2D eigenvalue weighted by Gasteiger charge is 2.26. The van der Waals surface area contributed by atoms with Gasteiger partial charge < -0.3 is 14.6 Å². The molecular formula is C15H23NO6S. The Labute approximate surface area is 136 Å². The molecule has 0 spiro atoms. The minimum absolute atomic E-state index is 0.00778. The lowest BCUT2D eigenvalue weighted by Crippen LogP contribution is -2.41. The Kier molecular flexibility index (Phi) is 7.47. The first-order chi connectivity index (χ1) is 10.8. The van der Waals surface area contributed by atoms with Crippen molar-refractivity contribution in [1.29, 1.82) is 0 Å². The van der Waals surface area contributed by atoms with Crippen LogP contribution in [-0.2, 0) is 19.6 Å². The molecule has 0 aliphatic rings. The van der Waals surface area contributed by atoms with E-state index in [9.17, 15) is 13.2 Å². The quantitative estimate of drug-likeness (QED) is 0.623. The summed E-state index contributed by atoms with van der Waals surface area (Å²) in [5.74, 6) is -0.630. The van der Waals surface area contributed by atoms with Crippen LogP contribution >= 0.6 is 0 Å². The molecule has 1 unspecified atom stereocenters. The highest BCUT2D eigenvalue weighted by atomic mass is 32.2. The number of sulfonamides is 1. The molecule has 8 heteroatoms. The average Bonchev–Trinajstić information content (AvgIpc) is 2.46. The SMILES string of the molecule is COCCOc1ccc(S(=O)(=O)NC(CC(C)C)C(=O)O)cc1. The topological polar surface area (TPSA) is 102 Å². The molecule has 0 radical (unpaired) electrons. The lowest BCUT2D eigenvalue weighted by molar-refractivity contribution is -0.139. The molecule has 2 N–H and O–H groups in total. The minimum Gasteiger partial charge on any atom is -0.491 e. The summed E-state index contributed by atoms with van der Waals surface area (Å²) in [7, 11) is -2.35. The van der Waals surface area contributed by atoms with Crippen LogP contribution in [0, 0.1) is 5.92 Å². The van der Waals surface area contributed by atoms with Crippen molar-refractivity contribution in [2.45, 2.75) is 31.2 Å². The van der Waals surface area contributed by atoms with Gasteiger partial charge in [-0.1, -0.05) is 13.8 Å². The van der Waals surface area contributed by atoms with Crippen LogP contribution in [0.3, 0.4) is 0 Å². The molecule has 7 nitrogen and oxygen atoms in total. The zero-order chi connectivity index (χ0) is 17.5. The maximum Gasteiger partial charge on any atom is 0.321 e. The van der Waals surface area contributed by atoms with E-state index in [1.54, 1.807) is 7.11 Å². The number of rotatable bonds is 10. The number of ether oxygens (including phenoxy) is 2. The van der Waals surface area contributed by atoms with E-state index in [2.05, 4.69) is 4.72 Å². The Morgan fingerprint density at radius 3 is 2.30 bits per heavy atom. The summed E-state index contributed by atoms with van der Waals surface area (Å²) >= 11 is 0. The molecule has 0 saturated heterocycles. The van der Waals surface area contributed by atoms with Crippen LogP contribution < -0.4 is 9.46 Å². The smallest absolute Gasteiger partial charge is 0.321 e. The van der Waals surface area contributed by atoms with E-state index in [1.165, 1.54) is 24.3 Å². The number of carboxylic acids is 1. The van der Waals surface area contributed by atoms with Gasteiger partial charge in [0.2, 0.25) is 10.0 Å². The van der Waals surface area contributed by atoms with E-state index >= 15 is 0 Å². The second-order valence-corrected chi connectivity index (χ2v) is 7.17. The van der Waals surface area contributed by atoms with E-state index in [1.807, 2.05) is 13.8 Å². The second kappa shape index (κ2) is 8.85. The Hall–Kier alpha value is -1.64. The average molecular weight is 345 g/mol. The fraction of sp³-hybridized carbons (Fsp3) is 0.533. The second-order valence-electron chi connectivity index (χ2n) is 5.45. The number of carbonyl (C=O) groups is 1. The van der Waals surface area contributed by atoms with Crippen LogP contribution in [0.5, 0.6) is 5.75 Å². The van der Waals surface area contributed by atoms with Crippen molar-refractivity contribution in [2.75, 3.05) is 20.3 Å². The lowest BCUT2D eigenvalue weighted by Gasteiger charge is -2.16. The number of aliphatic carboxylic acids is 1. The van der Waals surface area contributed by atoms with Crippen LogP contribution in [-0.4, -0.2) is 45.9 Å². The van der Waals surface area contributed by atoms with E-state index in [0.717, 1.165) is 0 Å². The van der Waals surface area contributed by atoms with Crippen molar-refractivity contribution < 1.29 is 27.8 Å². The van der Waals surface area contributed by atoms with Gasteiger partial charge in [0.05, 0.1) is 11.5 Å². The van der Waals surface area contributed by atoms with Crippen LogP contribution in [0.4, 0.5) is 0 Å². The fourth-order valence-electron chi connectivity index (χ4n) is 1.88. The Balaban J connectivity index is 2.80. The van der Waals surface area contributed by atoms with E-state index in [4.69, 9.17) is 14.6 Å². The molecular weight excluding hydrogens is 322 g/mol. The number of carboxylic acid groups (broad SMARTS) is 1. The normalized spacial score (nSPS) is 13.0. The molecule has 130 valence electrons. The van der Waals surface area contributed by atoms with Crippen molar-refractivity contribution in [3.8, 4) is 5.75 Å². The van der Waals surface area contributed by atoms with Gasteiger partial charge >= 0.3 is 5.97 Å². The summed E-state index contributed by atoms with van der Waals surface area (Å²) in [6.07, 6.45) is 0.215. The molecule has 1 atom stereocenters. The molecule has 0 amide bonds. The van der Waals surface area contributed by atoms with Crippen LogP contribution in [0.1, 0.15) is 20.3 Å². The maximum absolute atomic E-state index is 12.3. The highest BCUT2D eigenvalue weighted by Crippen LogP contribution is 2.17. The zero-order valence-corrected chi connectivity index (χ0v) is 14.3. The molecule has 0 fully saturated rings. The van der Waals surface area contributed by atoms with Gasteiger partial charge in [-0.3, -0.25) is 4.79 Å². The van der Waals surface area contributed by atoms with Gasteiger partial charge in [-0.05, 0) is 36.6 Å². The first-order valence-electron chi connectivity index (χ1n) is 7.23. The summed E-state index contributed by atoms with van der Waals surface area (Å²) in [5, 5.41) is 9.14. The molecule has 1 aromatic rings. The third-order valence-electron chi connectivity index (χ3n) is 2.99. The van der Waals surface area contributed by atoms with Gasteiger partial charge in [-0.2, -0.15) is 4.72 Å². The molecule has 0 aliphatic heterocycles. The number of methoxy groups -OCH3 is 1. The van der Waals surface area contributed by atoms with Crippen molar-refractivity contribution in [1.82, 2.24) is 4.72 Å². The Bertz CT molecular complexity index is 597. The van der Waals surface area contributed by atoms with Crippen LogP contribution in [0.2, 0.25) is 0 Å². The zero-order valence-electron chi connectivity index (χ0n) is 13.5. The molecule has 0 aliphatic carbocycles. The first kappa shape index (κ1) is 19.4. The standard InChI is InChI=1S/C15H23NO6S/c1-11(2)10-14(15(17)18)16-23(19,20)13-6-4-12(5-7-13)22-9-8-21-3/h4-7,11,14,16H,8-10H2,1-3H3,(H,17,18). The summed E-state index contributed by atoms with van der Waals surface area (Å²) in [4.78, 5) is 11.2. The fourth-order valence-corrected chi connectivity index (χ4v) is 3.09. The largest absolute Gasteiger partial charge is 0.491 e. The third kappa shape index (κ3) is 6.55. The summed E-state index contributed by atoms with van der Waals surface area (Å²) < 4.78 is 37.0. The Morgan fingerprint density at radius 1 is 1.22 bits per heavy atom. The maximum atomic E-state index is 12.3. The number of benzene rings is 1. The first-order valence-corrected chi connectivity index (χ1v) is 8.71. The summed E-state index contributed by atoms with van der Waals surface area (Å²) in [6.45, 7) is 4.44. The van der Waals surface area contributed by atoms with Gasteiger partial charge in [0.25, 0.3) is 0 Å². The van der Waals surface area contributed by atoms with Crippen molar-refractivity contribution >= 4 is 16.0 Å². The van der Waals surface area contributed by atoms with E-state index < -0.39 is 22.0 Å². The summed E-state index contributed by atoms with van der Waals surface area (Å²) in [6, 6.07) is 4.63. The molecule has 23 heavy (non-hydrogen) atoms. The van der Waals surface area contributed by atoms with Gasteiger partial charge in [0.1, 0.15) is 18.4 Å². The predicted molar refractivity (Wildman–Crippen MR) is 85.0 cm³/mol. The molecule has 0 bridgehead atoms. The lowest BCUT2D eigenvalue weighted by atomic mass is 10.1. The van der Waals surface area contributed by atoms with Gasteiger partial charge in [0.15, 0.2) is 0 Å². The predicted octanol–water partition coefficient (Wildman–Crippen LogP) is 1.49. The number of hydrogen-bond donors (Lipinski definition) is 2. The van der Waals surface area contributed by atoms with Crippen molar-refractivity contribution in [3.63, 3.8) is 0 Å². The number of nitrogens with one attached hydrogen (secondary N) is 1. The van der Waals surface area contributed by atoms with Crippen molar-refractivity contribution in [3.05, 3.63) is 24.3 Å². The highest BCUT2D eigenvalue weighted by molar-refractivity contribution is 7.89. The monoisotopic (exact) mass is 345 g/mol. The van der Waals surface area contributed by atoms with Crippen molar-refractivity contribution in [2.24, 2.45) is 5.92 Å². The summed E-state index contributed by atoms with van der Waals surface area (Å²) in [5.41, 5.74) is 0.